The molecule has 0 saturated carbocycles. The van der Waals surface area contributed by atoms with Gasteiger partial charge in [0.2, 0.25) is 0 Å². The number of hydrogen-bond acceptors (Lipinski definition) is 11. The van der Waals surface area contributed by atoms with Crippen LogP contribution in [0.2, 0.25) is 0 Å². The molecule has 0 amide bonds. The van der Waals surface area contributed by atoms with Crippen LogP contribution in [0.5, 0.6) is 0 Å². The zero-order valence-corrected chi connectivity index (χ0v) is 29.6. The van der Waals surface area contributed by atoms with E-state index in [2.05, 4.69) is 20.5 Å². The van der Waals surface area contributed by atoms with Crippen LogP contribution in [0, 0.1) is 0 Å². The molecule has 0 atom stereocenters. The topological polar surface area (TPSA) is 190 Å². The molecule has 214 valence electrons. The minimum Gasteiger partial charge on any atom is -0.744 e. The van der Waals surface area contributed by atoms with E-state index in [0.717, 1.165) is 29.0 Å². The van der Waals surface area contributed by atoms with Gasteiger partial charge in [0.15, 0.2) is 0 Å². The van der Waals surface area contributed by atoms with Crippen LogP contribution in [0.15, 0.2) is 133 Å². The fourth-order valence-electron chi connectivity index (χ4n) is 4.77. The standard InChI is InChI=1S/C30H21N5O6S2.2Na/c31-29-22-13-12-20(42(36,37)38)16-19(22)17-28(43(39,40)41)30(29)35-34-27-15-14-26(23-9-3-4-10-24(23)27)33-32-25-11-5-7-18-6-1-2-8-21(18)25;;/h1-17H,31H2,(H,36,37,38)(H,39,40,41);;/q;2*+1/p-2. The molecule has 0 spiro atoms. The number of hydrogen-bond donors (Lipinski definition) is 1. The van der Waals surface area contributed by atoms with Crippen molar-refractivity contribution in [2.45, 2.75) is 9.79 Å². The molecular formula is C30H19N5Na2O6S2. The first kappa shape index (κ1) is 34.8. The van der Waals surface area contributed by atoms with Gasteiger partial charge in [-0.3, -0.25) is 0 Å². The Morgan fingerprint density at radius 3 is 1.64 bits per heavy atom. The van der Waals surface area contributed by atoms with Crippen LogP contribution >= 0.6 is 0 Å². The fraction of sp³-hybridized carbons (Fsp3) is 0. The van der Waals surface area contributed by atoms with Gasteiger partial charge in [0, 0.05) is 21.5 Å². The van der Waals surface area contributed by atoms with Gasteiger partial charge in [0.05, 0.1) is 32.5 Å². The van der Waals surface area contributed by atoms with Crippen molar-refractivity contribution in [2.75, 3.05) is 5.73 Å². The summed E-state index contributed by atoms with van der Waals surface area (Å²) in [7, 11) is -9.98. The van der Waals surface area contributed by atoms with E-state index in [0.29, 0.717) is 27.8 Å². The Hall–Kier alpha value is -3.08. The minimum atomic E-state index is -5.14. The van der Waals surface area contributed by atoms with E-state index in [1.807, 2.05) is 54.6 Å². The number of fused-ring (bicyclic) bond motifs is 3. The number of benzene rings is 6. The Bertz CT molecular complexity index is 2380. The smallest absolute Gasteiger partial charge is 0.744 e. The number of nitrogen functional groups attached to an aromatic ring is 1. The molecule has 6 aromatic carbocycles. The van der Waals surface area contributed by atoms with Gasteiger partial charge in [-0.25, -0.2) is 16.8 Å². The molecule has 6 aromatic rings. The monoisotopic (exact) mass is 655 g/mol. The predicted molar refractivity (Wildman–Crippen MR) is 161 cm³/mol. The number of rotatable bonds is 6. The van der Waals surface area contributed by atoms with Crippen molar-refractivity contribution in [3.05, 3.63) is 103 Å². The Morgan fingerprint density at radius 2 is 1.04 bits per heavy atom. The van der Waals surface area contributed by atoms with Crippen molar-refractivity contribution in [2.24, 2.45) is 20.5 Å². The van der Waals surface area contributed by atoms with Gasteiger partial charge < -0.3 is 14.8 Å². The average Bonchev–Trinajstić information content (AvgIpc) is 2.98. The molecule has 15 heteroatoms. The number of anilines is 1. The molecule has 0 aliphatic heterocycles. The van der Waals surface area contributed by atoms with Gasteiger partial charge in [-0.15, -0.1) is 20.5 Å². The van der Waals surface area contributed by atoms with Crippen LogP contribution in [-0.4, -0.2) is 25.9 Å². The third-order valence-electron chi connectivity index (χ3n) is 6.81. The summed E-state index contributed by atoms with van der Waals surface area (Å²) in [5.74, 6) is 0. The second-order valence-electron chi connectivity index (χ2n) is 9.48. The molecule has 0 aliphatic rings. The third kappa shape index (κ3) is 7.18. The van der Waals surface area contributed by atoms with Gasteiger partial charge in [-0.05, 0) is 47.2 Å². The van der Waals surface area contributed by atoms with Crippen LogP contribution in [0.4, 0.5) is 28.4 Å². The van der Waals surface area contributed by atoms with Gasteiger partial charge >= 0.3 is 59.1 Å². The Morgan fingerprint density at radius 1 is 0.511 bits per heavy atom. The predicted octanol–water partition coefficient (Wildman–Crippen LogP) is 1.38. The van der Waals surface area contributed by atoms with Crippen LogP contribution in [0.3, 0.4) is 0 Å². The van der Waals surface area contributed by atoms with Crippen molar-refractivity contribution in [1.82, 2.24) is 0 Å². The second-order valence-corrected chi connectivity index (χ2v) is 12.2. The molecule has 0 heterocycles. The molecule has 0 bridgehead atoms. The maximum atomic E-state index is 12.2. The quantitative estimate of drug-likeness (QED) is 0.121. The molecule has 0 radical (unpaired) electrons. The third-order valence-corrected chi connectivity index (χ3v) is 8.50. The molecule has 11 nitrogen and oxygen atoms in total. The first-order chi connectivity index (χ1) is 20.5. The molecule has 0 fully saturated rings. The Kier molecular flexibility index (Phi) is 10.6. The summed E-state index contributed by atoms with van der Waals surface area (Å²) >= 11 is 0. The maximum absolute atomic E-state index is 12.2. The summed E-state index contributed by atoms with van der Waals surface area (Å²) in [4.78, 5) is -1.42. The minimum absolute atomic E-state index is 0. The molecule has 0 unspecified atom stereocenters. The molecule has 45 heavy (non-hydrogen) atoms. The van der Waals surface area contributed by atoms with E-state index in [4.69, 9.17) is 5.73 Å². The molecule has 0 aliphatic carbocycles. The van der Waals surface area contributed by atoms with E-state index in [-0.39, 0.29) is 75.6 Å². The summed E-state index contributed by atoms with van der Waals surface area (Å²) in [5, 5.41) is 20.7. The fourth-order valence-corrected chi connectivity index (χ4v) is 5.94. The molecule has 6 rings (SSSR count). The van der Waals surface area contributed by atoms with Crippen molar-refractivity contribution < 1.29 is 85.1 Å². The zero-order chi connectivity index (χ0) is 30.4. The van der Waals surface area contributed by atoms with E-state index in [9.17, 15) is 25.9 Å². The largest absolute Gasteiger partial charge is 1.00 e. The summed E-state index contributed by atoms with van der Waals surface area (Å²) in [6.45, 7) is 0. The number of nitrogens with zero attached hydrogens (tertiary/aromatic N) is 4. The van der Waals surface area contributed by atoms with Gasteiger partial charge in [0.25, 0.3) is 0 Å². The van der Waals surface area contributed by atoms with Crippen LogP contribution in [0.1, 0.15) is 0 Å². The van der Waals surface area contributed by atoms with Crippen molar-refractivity contribution in [3.8, 4) is 0 Å². The summed E-state index contributed by atoms with van der Waals surface area (Å²) in [6.07, 6.45) is 0. The zero-order valence-electron chi connectivity index (χ0n) is 23.9. The van der Waals surface area contributed by atoms with E-state index in [1.165, 1.54) is 6.07 Å². The average molecular weight is 656 g/mol. The Labute approximate surface area is 302 Å². The maximum Gasteiger partial charge on any atom is 1.00 e. The van der Waals surface area contributed by atoms with Crippen LogP contribution in [0.25, 0.3) is 32.3 Å². The first-order valence-corrected chi connectivity index (χ1v) is 15.4. The SMILES string of the molecule is Nc1c(N=Nc2ccc(N=Nc3cccc4ccccc34)c3ccccc23)c(S(=O)(=O)[O-])cc2cc(S(=O)(=O)[O-])ccc12.[Na+].[Na+]. The molecular weight excluding hydrogens is 636 g/mol. The van der Waals surface area contributed by atoms with Crippen LogP contribution < -0.4 is 64.8 Å². The normalized spacial score (nSPS) is 12.1. The first-order valence-electron chi connectivity index (χ1n) is 12.6. The van der Waals surface area contributed by atoms with E-state index < -0.39 is 35.7 Å². The summed E-state index contributed by atoms with van der Waals surface area (Å²) in [6, 6.07) is 28.2. The molecule has 0 aromatic heterocycles. The van der Waals surface area contributed by atoms with Crippen LogP contribution in [-0.2, 0) is 20.2 Å². The molecule has 0 saturated heterocycles. The van der Waals surface area contributed by atoms with Crippen molar-refractivity contribution in [1.29, 1.82) is 0 Å². The molecule has 2 N–H and O–H groups in total. The van der Waals surface area contributed by atoms with E-state index in [1.54, 1.807) is 24.3 Å². The van der Waals surface area contributed by atoms with Crippen molar-refractivity contribution >= 4 is 81.0 Å². The summed E-state index contributed by atoms with van der Waals surface area (Å²) in [5.41, 5.74) is 7.15. The van der Waals surface area contributed by atoms with Gasteiger partial charge in [-0.2, -0.15) is 0 Å². The van der Waals surface area contributed by atoms with Crippen molar-refractivity contribution in [3.63, 3.8) is 0 Å². The Balaban J connectivity index is 0.00000230. The number of nitrogens with two attached hydrogens (primary N) is 1. The second kappa shape index (κ2) is 13.7. The summed E-state index contributed by atoms with van der Waals surface area (Å²) < 4.78 is 70.8. The van der Waals surface area contributed by atoms with Gasteiger partial charge in [-0.1, -0.05) is 66.7 Å². The van der Waals surface area contributed by atoms with Gasteiger partial charge in [0.1, 0.15) is 25.9 Å². The van der Waals surface area contributed by atoms with E-state index >= 15 is 0 Å². The number of azo groups is 2.